The van der Waals surface area contributed by atoms with Crippen LogP contribution in [0.5, 0.6) is 17.4 Å². The lowest BCUT2D eigenvalue weighted by Crippen LogP contribution is -2.59. The molecule has 3 aliphatic carbocycles. The zero-order valence-electron chi connectivity index (χ0n) is 37.9. The molecule has 5 aliphatic rings. The predicted molar refractivity (Wildman–Crippen MR) is 240 cm³/mol. The van der Waals surface area contributed by atoms with Crippen LogP contribution in [0.3, 0.4) is 0 Å². The van der Waals surface area contributed by atoms with Crippen molar-refractivity contribution in [1.82, 2.24) is 25.2 Å². The van der Waals surface area contributed by atoms with Gasteiger partial charge in [0.25, 0.3) is 5.91 Å². The van der Waals surface area contributed by atoms with Crippen LogP contribution in [0.25, 0.3) is 22.0 Å². The number of amides is 4. The third-order valence-electron chi connectivity index (χ3n) is 13.4. The summed E-state index contributed by atoms with van der Waals surface area (Å²) in [7, 11) is -2.41. The van der Waals surface area contributed by atoms with Gasteiger partial charge in [0.2, 0.25) is 27.7 Å². The van der Waals surface area contributed by atoms with Gasteiger partial charge in [-0.05, 0) is 125 Å². The van der Waals surface area contributed by atoms with E-state index in [1.54, 1.807) is 51.3 Å². The van der Waals surface area contributed by atoms with E-state index in [1.165, 1.54) is 17.0 Å². The Morgan fingerprint density at radius 2 is 1.82 bits per heavy atom. The third kappa shape index (κ3) is 10.3. The van der Waals surface area contributed by atoms with Gasteiger partial charge in [0.1, 0.15) is 29.5 Å². The fourth-order valence-corrected chi connectivity index (χ4v) is 10.4. The Bertz CT molecular complexity index is 2490. The van der Waals surface area contributed by atoms with Crippen LogP contribution in [0.1, 0.15) is 92.4 Å². The quantitative estimate of drug-likeness (QED) is 0.167. The summed E-state index contributed by atoms with van der Waals surface area (Å²) in [5, 5.41) is 6.35. The monoisotopic (exact) mass is 917 g/mol. The van der Waals surface area contributed by atoms with Crippen molar-refractivity contribution in [3.05, 3.63) is 60.4 Å². The molecule has 3 heterocycles. The number of benzene rings is 2. The summed E-state index contributed by atoms with van der Waals surface area (Å²) in [6.45, 7) is 9.71. The molecule has 3 N–H and O–H groups in total. The number of alkyl carbamates (subject to hydrolysis) is 1. The maximum atomic E-state index is 15.4. The highest BCUT2D eigenvalue weighted by Gasteiger charge is 2.62. The summed E-state index contributed by atoms with van der Waals surface area (Å²) in [5.74, 6) is -2.53. The standard InChI is InChI=1S/C48H60FN5O10S/c1-27(2)63-40-16-11-30(21-37(40)49)38-22-31-20-33(61-6)12-15-36(31)43(50-38)64-34-23-39-42(55)52-48(45(57)53-65(59,60)35-13-14-35)24-32(48)10-8-7-9-28(3)19-29(4)41(44(56)54(39)25-34)51-46(58)62-26-47(5)17-18-47/h8,10-12,15-16,20-22,27-29,32,34-35,39,41H,7,9,13-14,17-19,23-26H2,1-6H3,(H,51,58)(H,52,55)(H,53,57)/b10-8-/t28-,29-,32-,34-,39+,41+,48-/m1/s1. The molecule has 2 aromatic carbocycles. The summed E-state index contributed by atoms with van der Waals surface area (Å²) in [6, 6.07) is 9.38. The van der Waals surface area contributed by atoms with Gasteiger partial charge < -0.3 is 34.5 Å². The number of carbonyl (C=O) groups excluding carboxylic acids is 4. The number of ether oxygens (including phenoxy) is 4. The number of fused-ring (bicyclic) bond motifs is 3. The molecule has 1 aromatic heterocycles. The van der Waals surface area contributed by atoms with Crippen LogP contribution in [-0.4, -0.2) is 97.5 Å². The second-order valence-corrected chi connectivity index (χ2v) is 21.4. The normalized spacial score (nSPS) is 28.2. The molecule has 0 radical (unpaired) electrons. The molecule has 65 heavy (non-hydrogen) atoms. The number of pyridine rings is 1. The van der Waals surface area contributed by atoms with Gasteiger partial charge in [-0.15, -0.1) is 0 Å². The van der Waals surface area contributed by atoms with E-state index in [9.17, 15) is 22.8 Å². The number of methoxy groups -OCH3 is 1. The highest BCUT2D eigenvalue weighted by Crippen LogP contribution is 2.47. The molecule has 0 spiro atoms. The lowest BCUT2D eigenvalue weighted by Gasteiger charge is -2.32. The second-order valence-electron chi connectivity index (χ2n) is 19.5. The van der Waals surface area contributed by atoms with Gasteiger partial charge in [0.15, 0.2) is 11.6 Å². The summed E-state index contributed by atoms with van der Waals surface area (Å²) in [4.78, 5) is 63.5. The van der Waals surface area contributed by atoms with Crippen LogP contribution in [-0.2, 0) is 29.1 Å². The van der Waals surface area contributed by atoms with Crippen LogP contribution in [0.2, 0.25) is 0 Å². The summed E-state index contributed by atoms with van der Waals surface area (Å²) >= 11 is 0. The number of aromatic nitrogens is 1. The Hall–Kier alpha value is -5.45. The van der Waals surface area contributed by atoms with Crippen LogP contribution < -0.4 is 29.6 Å². The van der Waals surface area contributed by atoms with Gasteiger partial charge in [-0.25, -0.2) is 22.6 Å². The molecular formula is C48H60FN5O10S. The number of rotatable bonds is 12. The molecule has 7 atom stereocenters. The van der Waals surface area contributed by atoms with Gasteiger partial charge in [-0.3, -0.25) is 19.1 Å². The van der Waals surface area contributed by atoms with Crippen molar-refractivity contribution in [2.75, 3.05) is 20.3 Å². The Balaban J connectivity index is 1.14. The smallest absolute Gasteiger partial charge is 0.407 e. The number of nitrogens with one attached hydrogen (secondary N) is 3. The fraction of sp³-hybridized carbons (Fsp3) is 0.562. The Morgan fingerprint density at radius 3 is 2.51 bits per heavy atom. The highest BCUT2D eigenvalue weighted by atomic mass is 32.2. The molecule has 3 aromatic rings. The summed E-state index contributed by atoms with van der Waals surface area (Å²) in [6.07, 6.45) is 6.84. The van der Waals surface area contributed by atoms with Crippen molar-refractivity contribution < 1.29 is 50.9 Å². The number of allylic oxidation sites excluding steroid dienone is 1. The number of hydrogen-bond donors (Lipinski definition) is 3. The van der Waals surface area contributed by atoms with Crippen molar-refractivity contribution in [2.45, 2.75) is 127 Å². The number of nitrogens with zero attached hydrogens (tertiary/aromatic N) is 2. The van der Waals surface area contributed by atoms with Gasteiger partial charge in [-0.1, -0.05) is 32.9 Å². The number of sulfonamides is 1. The first-order chi connectivity index (χ1) is 30.9. The lowest BCUT2D eigenvalue weighted by molar-refractivity contribution is -0.142. The number of halogens is 1. The van der Waals surface area contributed by atoms with Crippen molar-refractivity contribution >= 4 is 44.6 Å². The fourth-order valence-electron chi connectivity index (χ4n) is 9.00. The van der Waals surface area contributed by atoms with Gasteiger partial charge in [0, 0.05) is 28.7 Å². The average Bonchev–Trinajstić information content (AvgIpc) is 4.20. The molecule has 4 amide bonds. The number of carbonyl (C=O) groups is 4. The molecule has 0 bridgehead atoms. The van der Waals surface area contributed by atoms with Crippen molar-refractivity contribution in [2.24, 2.45) is 23.2 Å². The zero-order chi connectivity index (χ0) is 46.4. The second kappa shape index (κ2) is 18.1. The molecular weight excluding hydrogens is 858 g/mol. The molecule has 8 rings (SSSR count). The maximum absolute atomic E-state index is 15.4. The minimum atomic E-state index is -3.95. The van der Waals surface area contributed by atoms with Gasteiger partial charge in [-0.2, -0.15) is 0 Å². The van der Waals surface area contributed by atoms with E-state index in [4.69, 9.17) is 23.9 Å². The molecule has 15 nitrogen and oxygen atoms in total. The first-order valence-corrected chi connectivity index (χ1v) is 24.3. The molecule has 4 fully saturated rings. The van der Waals surface area contributed by atoms with Crippen molar-refractivity contribution in [3.8, 4) is 28.6 Å². The predicted octanol–water partition coefficient (Wildman–Crippen LogP) is 6.58. The van der Waals surface area contributed by atoms with Crippen molar-refractivity contribution in [1.29, 1.82) is 0 Å². The Labute approximate surface area is 379 Å². The molecule has 0 unspecified atom stereocenters. The maximum Gasteiger partial charge on any atom is 0.407 e. The zero-order valence-corrected chi connectivity index (χ0v) is 38.7. The van der Waals surface area contributed by atoms with Crippen LogP contribution in [0.4, 0.5) is 9.18 Å². The largest absolute Gasteiger partial charge is 0.497 e. The minimum Gasteiger partial charge on any atom is -0.497 e. The molecule has 2 aliphatic heterocycles. The van der Waals surface area contributed by atoms with E-state index in [2.05, 4.69) is 22.3 Å². The van der Waals surface area contributed by atoms with Gasteiger partial charge >= 0.3 is 6.09 Å². The van der Waals surface area contributed by atoms with E-state index >= 15 is 9.18 Å². The van der Waals surface area contributed by atoms with Gasteiger partial charge in [0.05, 0.1) is 37.3 Å². The SMILES string of the molecule is COc1ccc2c(O[C@@H]3C[C@H]4C(=O)N[C@]5(C(=O)NS(=O)(=O)C6CC6)C[C@H]5/C=C\CC[C@@H](C)C[C@@H](C)[C@H](NC(=O)OCC5(C)CC5)C(=O)N4C3)nc(-c3ccc(OC(C)C)c(F)c3)cc2c1. The van der Waals surface area contributed by atoms with E-state index in [-0.39, 0.29) is 61.0 Å². The Morgan fingerprint density at radius 1 is 1.05 bits per heavy atom. The minimum absolute atomic E-state index is 0.0458. The average molecular weight is 918 g/mol. The van der Waals surface area contributed by atoms with Crippen LogP contribution in [0, 0.1) is 29.0 Å². The van der Waals surface area contributed by atoms with Crippen molar-refractivity contribution in [3.63, 3.8) is 0 Å². The third-order valence-corrected chi connectivity index (χ3v) is 15.2. The number of hydrogen-bond acceptors (Lipinski definition) is 11. The van der Waals surface area contributed by atoms with E-state index < -0.39 is 74.5 Å². The first-order valence-electron chi connectivity index (χ1n) is 22.8. The lowest BCUT2D eigenvalue weighted by atomic mass is 9.88. The van der Waals surface area contributed by atoms with E-state index in [0.29, 0.717) is 53.5 Å². The molecule has 350 valence electrons. The Kier molecular flexibility index (Phi) is 12.8. The molecule has 1 saturated heterocycles. The first kappa shape index (κ1) is 46.1. The summed E-state index contributed by atoms with van der Waals surface area (Å²) in [5.41, 5.74) is -0.841. The van der Waals surface area contributed by atoms with Crippen LogP contribution in [0.15, 0.2) is 54.6 Å². The topological polar surface area (TPSA) is 192 Å². The van der Waals surface area contributed by atoms with E-state index in [1.807, 2.05) is 26.0 Å². The highest BCUT2D eigenvalue weighted by molar-refractivity contribution is 7.91. The molecule has 3 saturated carbocycles. The van der Waals surface area contributed by atoms with Crippen LogP contribution >= 0.6 is 0 Å². The van der Waals surface area contributed by atoms with E-state index in [0.717, 1.165) is 19.3 Å². The summed E-state index contributed by atoms with van der Waals surface area (Å²) < 4.78 is 67.1. The molecule has 17 heteroatoms.